The Morgan fingerprint density at radius 2 is 2.33 bits per heavy atom. The molecule has 0 amide bonds. The Bertz CT molecular complexity index is 370. The van der Waals surface area contributed by atoms with Gasteiger partial charge in [-0.2, -0.15) is 4.98 Å². The van der Waals surface area contributed by atoms with E-state index in [1.807, 2.05) is 25.1 Å². The summed E-state index contributed by atoms with van der Waals surface area (Å²) in [5.41, 5.74) is 0. The Hall–Kier alpha value is -1.29. The molecule has 1 saturated heterocycles. The Kier molecular flexibility index (Phi) is 4.81. The molecular weight excluding hydrogens is 226 g/mol. The van der Waals surface area contributed by atoms with Gasteiger partial charge in [-0.1, -0.05) is 12.5 Å². The summed E-state index contributed by atoms with van der Waals surface area (Å²) in [5.74, 6) is 1.60. The van der Waals surface area contributed by atoms with Crippen LogP contribution < -0.4 is 10.1 Å². The third-order valence-electron chi connectivity index (χ3n) is 3.46. The Labute approximate surface area is 109 Å². The van der Waals surface area contributed by atoms with Crippen molar-refractivity contribution in [3.8, 4) is 5.88 Å². The third-order valence-corrected chi connectivity index (χ3v) is 3.46. The lowest BCUT2D eigenvalue weighted by Gasteiger charge is -2.32. The van der Waals surface area contributed by atoms with Crippen molar-refractivity contribution in [2.24, 2.45) is 0 Å². The standard InChI is InChI=1S/C14H23N3O/c1-3-18-14-9-6-8-13(16-14)15-11-12-7-4-5-10-17(12)2/h6,8-9,12H,3-5,7,10-11H2,1-2H3,(H,15,16). The number of hydrogen-bond donors (Lipinski definition) is 1. The lowest BCUT2D eigenvalue weighted by molar-refractivity contribution is 0.194. The number of nitrogens with one attached hydrogen (secondary N) is 1. The van der Waals surface area contributed by atoms with E-state index in [9.17, 15) is 0 Å². The lowest BCUT2D eigenvalue weighted by Crippen LogP contribution is -2.40. The highest BCUT2D eigenvalue weighted by Gasteiger charge is 2.18. The summed E-state index contributed by atoms with van der Waals surface area (Å²) in [7, 11) is 2.20. The molecule has 1 aromatic heterocycles. The number of anilines is 1. The van der Waals surface area contributed by atoms with Crippen molar-refractivity contribution >= 4 is 5.82 Å². The van der Waals surface area contributed by atoms with E-state index in [1.165, 1.54) is 25.8 Å². The van der Waals surface area contributed by atoms with Crippen molar-refractivity contribution in [1.29, 1.82) is 0 Å². The topological polar surface area (TPSA) is 37.4 Å². The van der Waals surface area contributed by atoms with Gasteiger partial charge >= 0.3 is 0 Å². The van der Waals surface area contributed by atoms with Gasteiger partial charge in [0, 0.05) is 18.7 Å². The van der Waals surface area contributed by atoms with Gasteiger partial charge in [0.2, 0.25) is 5.88 Å². The van der Waals surface area contributed by atoms with Crippen LogP contribution in [-0.4, -0.2) is 42.7 Å². The number of piperidine rings is 1. The van der Waals surface area contributed by atoms with Crippen molar-refractivity contribution in [3.63, 3.8) is 0 Å². The van der Waals surface area contributed by atoms with E-state index in [4.69, 9.17) is 4.74 Å². The van der Waals surface area contributed by atoms with Gasteiger partial charge in [0.25, 0.3) is 0 Å². The zero-order valence-electron chi connectivity index (χ0n) is 11.4. The second kappa shape index (κ2) is 6.59. The Morgan fingerprint density at radius 1 is 1.44 bits per heavy atom. The van der Waals surface area contributed by atoms with Gasteiger partial charge in [-0.15, -0.1) is 0 Å². The van der Waals surface area contributed by atoms with Crippen LogP contribution in [0.2, 0.25) is 0 Å². The maximum atomic E-state index is 5.40. The SMILES string of the molecule is CCOc1cccc(NCC2CCCCN2C)n1. The highest BCUT2D eigenvalue weighted by molar-refractivity contribution is 5.37. The summed E-state index contributed by atoms with van der Waals surface area (Å²) < 4.78 is 5.40. The summed E-state index contributed by atoms with van der Waals surface area (Å²) in [6, 6.07) is 6.48. The first kappa shape index (κ1) is 13.1. The Morgan fingerprint density at radius 3 is 3.11 bits per heavy atom. The normalized spacial score (nSPS) is 20.7. The average molecular weight is 249 g/mol. The zero-order chi connectivity index (χ0) is 12.8. The minimum Gasteiger partial charge on any atom is -0.478 e. The maximum Gasteiger partial charge on any atom is 0.215 e. The van der Waals surface area contributed by atoms with Crippen molar-refractivity contribution in [2.75, 3.05) is 32.1 Å². The first-order chi connectivity index (χ1) is 8.79. The number of aromatic nitrogens is 1. The lowest BCUT2D eigenvalue weighted by atomic mass is 10.0. The van der Waals surface area contributed by atoms with Crippen LogP contribution in [0.1, 0.15) is 26.2 Å². The highest BCUT2D eigenvalue weighted by Crippen LogP contribution is 2.16. The molecule has 0 spiro atoms. The number of likely N-dealkylation sites (tertiary alicyclic amines) is 1. The fourth-order valence-corrected chi connectivity index (χ4v) is 2.37. The van der Waals surface area contributed by atoms with Crippen LogP contribution in [0.4, 0.5) is 5.82 Å². The molecule has 0 saturated carbocycles. The van der Waals surface area contributed by atoms with Crippen LogP contribution in [0, 0.1) is 0 Å². The van der Waals surface area contributed by atoms with Crippen LogP contribution >= 0.6 is 0 Å². The van der Waals surface area contributed by atoms with Gasteiger partial charge in [0.05, 0.1) is 6.61 Å². The molecule has 100 valence electrons. The molecule has 1 aromatic rings. The summed E-state index contributed by atoms with van der Waals surface area (Å²) in [6.45, 7) is 4.79. The van der Waals surface area contributed by atoms with E-state index in [1.54, 1.807) is 0 Å². The molecule has 1 fully saturated rings. The van der Waals surface area contributed by atoms with Crippen molar-refractivity contribution in [2.45, 2.75) is 32.2 Å². The van der Waals surface area contributed by atoms with Crippen LogP contribution in [0.15, 0.2) is 18.2 Å². The molecule has 0 bridgehead atoms. The summed E-state index contributed by atoms with van der Waals surface area (Å²) in [5, 5.41) is 3.41. The third kappa shape index (κ3) is 3.60. The predicted octanol–water partition coefficient (Wildman–Crippen LogP) is 2.38. The molecule has 1 atom stereocenters. The molecule has 18 heavy (non-hydrogen) atoms. The number of pyridine rings is 1. The Balaban J connectivity index is 1.87. The van der Waals surface area contributed by atoms with Crippen molar-refractivity contribution in [3.05, 3.63) is 18.2 Å². The number of hydrogen-bond acceptors (Lipinski definition) is 4. The monoisotopic (exact) mass is 249 g/mol. The minimum atomic E-state index is 0.622. The highest BCUT2D eigenvalue weighted by atomic mass is 16.5. The number of ether oxygens (including phenoxy) is 1. The molecule has 4 heteroatoms. The van der Waals surface area contributed by atoms with Crippen LogP contribution in [0.3, 0.4) is 0 Å². The van der Waals surface area contributed by atoms with Crippen LogP contribution in [-0.2, 0) is 0 Å². The first-order valence-electron chi connectivity index (χ1n) is 6.83. The van der Waals surface area contributed by atoms with Gasteiger partial charge < -0.3 is 15.0 Å². The average Bonchev–Trinajstić information content (AvgIpc) is 2.39. The molecule has 0 aromatic carbocycles. The quantitative estimate of drug-likeness (QED) is 0.869. The van der Waals surface area contributed by atoms with E-state index in [0.717, 1.165) is 12.4 Å². The van der Waals surface area contributed by atoms with E-state index in [2.05, 4.69) is 22.2 Å². The van der Waals surface area contributed by atoms with Crippen LogP contribution in [0.25, 0.3) is 0 Å². The van der Waals surface area contributed by atoms with Gasteiger partial charge in [-0.3, -0.25) is 0 Å². The number of rotatable bonds is 5. The molecule has 1 aliphatic heterocycles. The second-order valence-corrected chi connectivity index (χ2v) is 4.81. The van der Waals surface area contributed by atoms with E-state index in [-0.39, 0.29) is 0 Å². The molecule has 1 N–H and O–H groups in total. The van der Waals surface area contributed by atoms with Gasteiger partial charge in [0.1, 0.15) is 5.82 Å². The molecule has 4 nitrogen and oxygen atoms in total. The molecule has 2 rings (SSSR count). The minimum absolute atomic E-state index is 0.622. The largest absolute Gasteiger partial charge is 0.478 e. The van der Waals surface area contributed by atoms with Gasteiger partial charge in [-0.05, 0) is 39.4 Å². The maximum absolute atomic E-state index is 5.40. The molecular formula is C14H23N3O. The van der Waals surface area contributed by atoms with E-state index >= 15 is 0 Å². The van der Waals surface area contributed by atoms with Gasteiger partial charge in [0.15, 0.2) is 0 Å². The summed E-state index contributed by atoms with van der Waals surface area (Å²) in [4.78, 5) is 6.85. The molecule has 1 unspecified atom stereocenters. The summed E-state index contributed by atoms with van der Waals surface area (Å²) >= 11 is 0. The summed E-state index contributed by atoms with van der Waals surface area (Å²) in [6.07, 6.45) is 3.93. The van der Waals surface area contributed by atoms with Crippen molar-refractivity contribution in [1.82, 2.24) is 9.88 Å². The number of nitrogens with zero attached hydrogens (tertiary/aromatic N) is 2. The second-order valence-electron chi connectivity index (χ2n) is 4.81. The smallest absolute Gasteiger partial charge is 0.215 e. The van der Waals surface area contributed by atoms with Crippen LogP contribution in [0.5, 0.6) is 5.88 Å². The molecule has 2 heterocycles. The first-order valence-corrected chi connectivity index (χ1v) is 6.83. The van der Waals surface area contributed by atoms with Crippen molar-refractivity contribution < 1.29 is 4.74 Å². The van der Waals surface area contributed by atoms with E-state index < -0.39 is 0 Å². The van der Waals surface area contributed by atoms with E-state index in [0.29, 0.717) is 18.5 Å². The molecule has 0 radical (unpaired) electrons. The fourth-order valence-electron chi connectivity index (χ4n) is 2.37. The number of likely N-dealkylation sites (N-methyl/N-ethyl adjacent to an activating group) is 1. The predicted molar refractivity (Wildman–Crippen MR) is 74.2 cm³/mol. The zero-order valence-corrected chi connectivity index (χ0v) is 11.4. The molecule has 1 aliphatic rings. The fraction of sp³-hybridized carbons (Fsp3) is 0.643. The molecule has 0 aliphatic carbocycles. The van der Waals surface area contributed by atoms with Gasteiger partial charge in [-0.25, -0.2) is 0 Å².